The molecule has 1 fully saturated rings. The van der Waals surface area contributed by atoms with Gasteiger partial charge in [0.2, 0.25) is 4.34 Å². The minimum Gasteiger partial charge on any atom is -0.487 e. The van der Waals surface area contributed by atoms with Crippen molar-refractivity contribution in [2.75, 3.05) is 17.5 Å². The van der Waals surface area contributed by atoms with Crippen LogP contribution in [0.1, 0.15) is 52.0 Å². The van der Waals surface area contributed by atoms with Crippen molar-refractivity contribution in [1.82, 2.24) is 4.98 Å². The number of sulfonamides is 1. The fourth-order valence-corrected chi connectivity index (χ4v) is 7.28. The summed E-state index contributed by atoms with van der Waals surface area (Å²) in [5.41, 5.74) is 4.42. The van der Waals surface area contributed by atoms with Gasteiger partial charge in [-0.05, 0) is 80.0 Å². The Morgan fingerprint density at radius 3 is 2.58 bits per heavy atom. The Balaban J connectivity index is 1.52. The first-order valence-corrected chi connectivity index (χ1v) is 14.3. The van der Waals surface area contributed by atoms with Crippen LogP contribution in [0.2, 0.25) is 0 Å². The molecule has 5 rings (SSSR count). The molecule has 1 aliphatic carbocycles. The van der Waals surface area contributed by atoms with Crippen LogP contribution in [0.25, 0.3) is 0 Å². The number of hydrogen-bond donors (Lipinski definition) is 1. The molecule has 0 bridgehead atoms. The second kappa shape index (κ2) is 10.2. The normalized spacial score (nSPS) is 17.2. The van der Waals surface area contributed by atoms with Gasteiger partial charge in [0.1, 0.15) is 12.4 Å². The van der Waals surface area contributed by atoms with Crippen molar-refractivity contribution < 1.29 is 27.8 Å². The molecular weight excluding hydrogens is 500 g/mol. The second-order valence-electron chi connectivity index (χ2n) is 9.16. The van der Waals surface area contributed by atoms with Crippen molar-refractivity contribution in [1.29, 1.82) is 0 Å². The van der Waals surface area contributed by atoms with Crippen molar-refractivity contribution in [2.45, 2.75) is 56.1 Å². The third-order valence-corrected chi connectivity index (χ3v) is 9.67. The van der Waals surface area contributed by atoms with Gasteiger partial charge in [0, 0.05) is 17.7 Å². The van der Waals surface area contributed by atoms with E-state index in [1.165, 1.54) is 16.4 Å². The van der Waals surface area contributed by atoms with Crippen LogP contribution < -0.4 is 9.04 Å². The molecule has 1 aliphatic heterocycles. The Morgan fingerprint density at radius 1 is 1.19 bits per heavy atom. The summed E-state index contributed by atoms with van der Waals surface area (Å²) in [6.45, 7) is 2.76. The number of aryl methyl sites for hydroxylation is 3. The zero-order valence-corrected chi connectivity index (χ0v) is 21.6. The topological polar surface area (TPSA) is 106 Å². The van der Waals surface area contributed by atoms with Gasteiger partial charge >= 0.3 is 5.97 Å². The van der Waals surface area contributed by atoms with Gasteiger partial charge in [0.25, 0.3) is 10.0 Å². The minimum atomic E-state index is -3.94. The van der Waals surface area contributed by atoms with Crippen LogP contribution in [0, 0.1) is 6.92 Å². The number of hydrogen-bond acceptors (Lipinski definition) is 7. The molecule has 2 heterocycles. The van der Waals surface area contributed by atoms with Crippen LogP contribution >= 0.6 is 11.3 Å². The summed E-state index contributed by atoms with van der Waals surface area (Å²) in [6.07, 6.45) is 4.31. The van der Waals surface area contributed by atoms with Crippen molar-refractivity contribution in [3.63, 3.8) is 0 Å². The van der Waals surface area contributed by atoms with Gasteiger partial charge in [-0.15, -0.1) is 11.3 Å². The lowest BCUT2D eigenvalue weighted by Crippen LogP contribution is -2.38. The first kappa shape index (κ1) is 24.7. The van der Waals surface area contributed by atoms with Gasteiger partial charge in [-0.3, -0.25) is 4.31 Å². The summed E-state index contributed by atoms with van der Waals surface area (Å²) in [4.78, 5) is 15.4. The summed E-state index contributed by atoms with van der Waals surface area (Å²) in [5, 5.41) is 10.9. The Bertz CT molecular complexity index is 1360. The van der Waals surface area contributed by atoms with Gasteiger partial charge in [0.15, 0.2) is 0 Å². The van der Waals surface area contributed by atoms with Crippen molar-refractivity contribution in [3.8, 4) is 5.75 Å². The summed E-state index contributed by atoms with van der Waals surface area (Å²) >= 11 is 1.11. The van der Waals surface area contributed by atoms with Crippen LogP contribution in [-0.2, 0) is 34.2 Å². The summed E-state index contributed by atoms with van der Waals surface area (Å²) in [7, 11) is -3.94. The number of rotatable bonds is 9. The second-order valence-corrected chi connectivity index (χ2v) is 12.1. The lowest BCUT2D eigenvalue weighted by atomic mass is 10.1. The van der Waals surface area contributed by atoms with E-state index in [-0.39, 0.29) is 29.2 Å². The van der Waals surface area contributed by atoms with Crippen molar-refractivity contribution in [2.24, 2.45) is 0 Å². The average molecular weight is 529 g/mol. The molecule has 1 N–H and O–H groups in total. The highest BCUT2D eigenvalue weighted by atomic mass is 32.2. The number of aromatic nitrogens is 1. The van der Waals surface area contributed by atoms with E-state index in [0.29, 0.717) is 23.7 Å². The molecule has 2 aliphatic rings. The quantitative estimate of drug-likeness (QED) is 0.433. The molecule has 2 aromatic carbocycles. The van der Waals surface area contributed by atoms with Crippen LogP contribution in [0.4, 0.5) is 5.69 Å². The summed E-state index contributed by atoms with van der Waals surface area (Å²) in [5.74, 6) is -0.511. The standard InChI is InChI=1S/C26H28N2O6S2/c1-17-16-35-26(27-17)36(31,32)28(14-22-6-3-11-33-22)23-12-20-4-2-5-21(20)13-24(23)34-15-18-7-9-19(10-8-18)25(29)30/h7-10,12-13,16,22H,2-6,11,14-15H2,1H3,(H,29,30). The minimum absolute atomic E-state index is 0.0497. The van der Waals surface area contributed by atoms with Crippen molar-refractivity contribution in [3.05, 3.63) is 69.7 Å². The Labute approximate surface area is 214 Å². The zero-order chi connectivity index (χ0) is 25.3. The lowest BCUT2D eigenvalue weighted by molar-refractivity contribution is 0.0696. The SMILES string of the molecule is Cc1csc(S(=O)(=O)N(CC2CCCO2)c2cc3c(cc2OCc2ccc(C(=O)O)cc2)CCC3)n1. The molecule has 1 unspecified atom stereocenters. The number of aromatic carboxylic acids is 1. The fourth-order valence-electron chi connectivity index (χ4n) is 4.65. The molecule has 0 amide bonds. The molecule has 1 saturated heterocycles. The Hall–Kier alpha value is -2.95. The molecule has 36 heavy (non-hydrogen) atoms. The first-order valence-electron chi connectivity index (χ1n) is 12.0. The van der Waals surface area contributed by atoms with E-state index >= 15 is 0 Å². The van der Waals surface area contributed by atoms with E-state index in [9.17, 15) is 13.2 Å². The number of carboxylic acid groups (broad SMARTS) is 1. The van der Waals surface area contributed by atoms with E-state index in [2.05, 4.69) is 4.98 Å². The number of anilines is 1. The average Bonchev–Trinajstić information content (AvgIpc) is 3.63. The van der Waals surface area contributed by atoms with Crippen LogP contribution in [0.3, 0.4) is 0 Å². The third-order valence-electron chi connectivity index (χ3n) is 6.54. The maximum Gasteiger partial charge on any atom is 0.335 e. The van der Waals surface area contributed by atoms with E-state index in [1.54, 1.807) is 24.4 Å². The molecule has 0 radical (unpaired) electrons. The monoisotopic (exact) mass is 528 g/mol. The van der Waals surface area contributed by atoms with Gasteiger partial charge in [-0.25, -0.2) is 9.78 Å². The smallest absolute Gasteiger partial charge is 0.335 e. The van der Waals surface area contributed by atoms with Gasteiger partial charge in [-0.2, -0.15) is 8.42 Å². The third kappa shape index (κ3) is 5.11. The van der Waals surface area contributed by atoms with Crippen LogP contribution in [0.5, 0.6) is 5.75 Å². The lowest BCUT2D eigenvalue weighted by Gasteiger charge is -2.28. The maximum absolute atomic E-state index is 13.9. The maximum atomic E-state index is 13.9. The van der Waals surface area contributed by atoms with Crippen LogP contribution in [-0.4, -0.2) is 43.7 Å². The number of benzene rings is 2. The molecule has 190 valence electrons. The number of ether oxygens (including phenoxy) is 2. The molecular formula is C26H28N2O6S2. The van der Waals surface area contributed by atoms with Crippen LogP contribution in [0.15, 0.2) is 46.1 Å². The van der Waals surface area contributed by atoms with E-state index < -0.39 is 16.0 Å². The first-order chi connectivity index (χ1) is 17.3. The van der Waals surface area contributed by atoms with Gasteiger partial charge in [-0.1, -0.05) is 12.1 Å². The van der Waals surface area contributed by atoms with Crippen molar-refractivity contribution >= 4 is 33.0 Å². The highest BCUT2D eigenvalue weighted by Gasteiger charge is 2.34. The van der Waals surface area contributed by atoms with E-state index in [4.69, 9.17) is 14.6 Å². The summed E-state index contributed by atoms with van der Waals surface area (Å²) < 4.78 is 41.2. The Morgan fingerprint density at radius 2 is 1.94 bits per heavy atom. The number of nitrogens with zero attached hydrogens (tertiary/aromatic N) is 2. The summed E-state index contributed by atoms with van der Waals surface area (Å²) in [6, 6.07) is 10.4. The predicted molar refractivity (Wildman–Crippen MR) is 137 cm³/mol. The predicted octanol–water partition coefficient (Wildman–Crippen LogP) is 4.59. The molecule has 1 aromatic heterocycles. The highest BCUT2D eigenvalue weighted by Crippen LogP contribution is 2.39. The number of carboxylic acids is 1. The molecule has 3 aromatic rings. The number of fused-ring (bicyclic) bond motifs is 1. The van der Waals surface area contributed by atoms with E-state index in [0.717, 1.165) is 60.1 Å². The molecule has 8 nitrogen and oxygen atoms in total. The molecule has 10 heteroatoms. The largest absolute Gasteiger partial charge is 0.487 e. The van der Waals surface area contributed by atoms with Gasteiger partial charge in [0.05, 0.1) is 23.9 Å². The number of carbonyl (C=O) groups is 1. The molecule has 0 spiro atoms. The molecule has 0 saturated carbocycles. The Kier molecular flexibility index (Phi) is 7.00. The number of thiazole rings is 1. The zero-order valence-electron chi connectivity index (χ0n) is 20.0. The fraction of sp³-hybridized carbons (Fsp3) is 0.385. The van der Waals surface area contributed by atoms with E-state index in [1.807, 2.05) is 12.1 Å². The highest BCUT2D eigenvalue weighted by molar-refractivity contribution is 7.94. The molecule has 1 atom stereocenters. The van der Waals surface area contributed by atoms with Gasteiger partial charge < -0.3 is 14.6 Å².